The van der Waals surface area contributed by atoms with Crippen molar-refractivity contribution in [2.75, 3.05) is 18.0 Å². The summed E-state index contributed by atoms with van der Waals surface area (Å²) in [5, 5.41) is 0. The molecule has 0 saturated carbocycles. The second kappa shape index (κ2) is 4.53. The molecule has 0 radical (unpaired) electrons. The zero-order valence-corrected chi connectivity index (χ0v) is 10.7. The van der Waals surface area contributed by atoms with Gasteiger partial charge in [0, 0.05) is 13.1 Å². The first-order chi connectivity index (χ1) is 9.24. The van der Waals surface area contributed by atoms with Gasteiger partial charge in [-0.15, -0.1) is 6.58 Å². The molecule has 4 heteroatoms. The van der Waals surface area contributed by atoms with Crippen LogP contribution in [0, 0.1) is 0 Å². The summed E-state index contributed by atoms with van der Waals surface area (Å²) in [5.74, 6) is -0.0197. The lowest BCUT2D eigenvalue weighted by atomic mass is 10.1. The molecule has 1 atom stereocenters. The van der Waals surface area contributed by atoms with Crippen LogP contribution in [0.1, 0.15) is 23.2 Å². The molecule has 3 rings (SSSR count). The standard InChI is InChI=1S/C15H16N2O2/c1-2-9-16-12-7-4-3-6-11(12)14(18)17-10-5-8-13(17)15(16)19/h2-4,6-7,13H,1,5,8-10H2. The van der Waals surface area contributed by atoms with Crippen molar-refractivity contribution in [3.8, 4) is 0 Å². The fourth-order valence-electron chi connectivity index (χ4n) is 2.93. The maximum absolute atomic E-state index is 12.6. The van der Waals surface area contributed by atoms with E-state index in [-0.39, 0.29) is 17.9 Å². The first kappa shape index (κ1) is 12.0. The lowest BCUT2D eigenvalue weighted by molar-refractivity contribution is -0.121. The van der Waals surface area contributed by atoms with E-state index in [9.17, 15) is 9.59 Å². The van der Waals surface area contributed by atoms with Crippen LogP contribution >= 0.6 is 0 Å². The van der Waals surface area contributed by atoms with Crippen LogP contribution < -0.4 is 4.90 Å². The van der Waals surface area contributed by atoms with E-state index in [4.69, 9.17) is 0 Å². The third kappa shape index (κ3) is 1.75. The van der Waals surface area contributed by atoms with Crippen LogP contribution in [0.2, 0.25) is 0 Å². The molecule has 0 aliphatic carbocycles. The summed E-state index contributed by atoms with van der Waals surface area (Å²) in [6.45, 7) is 4.81. The summed E-state index contributed by atoms with van der Waals surface area (Å²) in [6.07, 6.45) is 3.35. The molecular formula is C15H16N2O2. The van der Waals surface area contributed by atoms with Crippen molar-refractivity contribution < 1.29 is 9.59 Å². The lowest BCUT2D eigenvalue weighted by Crippen LogP contribution is -2.44. The van der Waals surface area contributed by atoms with E-state index >= 15 is 0 Å². The van der Waals surface area contributed by atoms with Crippen LogP contribution in [0.4, 0.5) is 5.69 Å². The SMILES string of the molecule is C=CCN1C(=O)C2CCCN2C(=O)c2ccccc21. The topological polar surface area (TPSA) is 40.6 Å². The Morgan fingerprint density at radius 1 is 1.32 bits per heavy atom. The van der Waals surface area contributed by atoms with Gasteiger partial charge in [0.05, 0.1) is 11.3 Å². The summed E-state index contributed by atoms with van der Waals surface area (Å²) in [7, 11) is 0. The van der Waals surface area contributed by atoms with Gasteiger partial charge in [-0.25, -0.2) is 0 Å². The molecule has 2 aliphatic rings. The zero-order chi connectivity index (χ0) is 13.4. The summed E-state index contributed by atoms with van der Waals surface area (Å²) in [4.78, 5) is 28.5. The minimum atomic E-state index is -0.306. The second-order valence-corrected chi connectivity index (χ2v) is 4.91. The summed E-state index contributed by atoms with van der Waals surface area (Å²) < 4.78 is 0. The van der Waals surface area contributed by atoms with Crippen LogP contribution in [0.25, 0.3) is 0 Å². The Bertz CT molecular complexity index is 553. The summed E-state index contributed by atoms with van der Waals surface area (Å²) >= 11 is 0. The van der Waals surface area contributed by atoms with Crippen LogP contribution in [0.5, 0.6) is 0 Å². The van der Waals surface area contributed by atoms with Crippen LogP contribution in [0.15, 0.2) is 36.9 Å². The Hall–Kier alpha value is -2.10. The van der Waals surface area contributed by atoms with Gasteiger partial charge in [0.1, 0.15) is 6.04 Å². The van der Waals surface area contributed by atoms with E-state index in [2.05, 4.69) is 6.58 Å². The van der Waals surface area contributed by atoms with Gasteiger partial charge in [-0.3, -0.25) is 9.59 Å². The lowest BCUT2D eigenvalue weighted by Gasteiger charge is -2.24. The smallest absolute Gasteiger partial charge is 0.256 e. The number of anilines is 1. The fourth-order valence-corrected chi connectivity index (χ4v) is 2.93. The zero-order valence-electron chi connectivity index (χ0n) is 10.7. The fraction of sp³-hybridized carbons (Fsp3) is 0.333. The van der Waals surface area contributed by atoms with Crippen molar-refractivity contribution in [1.29, 1.82) is 0 Å². The minimum absolute atomic E-state index is 0.00991. The molecule has 4 nitrogen and oxygen atoms in total. The largest absolute Gasteiger partial charge is 0.327 e. The third-order valence-electron chi connectivity index (χ3n) is 3.80. The number of para-hydroxylation sites is 1. The molecule has 0 aromatic heterocycles. The number of rotatable bonds is 2. The highest BCUT2D eigenvalue weighted by Crippen LogP contribution is 2.32. The molecular weight excluding hydrogens is 240 g/mol. The molecule has 0 spiro atoms. The van der Waals surface area contributed by atoms with E-state index < -0.39 is 0 Å². The van der Waals surface area contributed by atoms with Gasteiger partial charge in [-0.05, 0) is 25.0 Å². The normalized spacial score (nSPS) is 22.0. The molecule has 2 amide bonds. The van der Waals surface area contributed by atoms with Gasteiger partial charge in [-0.2, -0.15) is 0 Å². The number of carbonyl (C=O) groups is 2. The van der Waals surface area contributed by atoms with Crippen molar-refractivity contribution >= 4 is 17.5 Å². The Kier molecular flexibility index (Phi) is 2.85. The van der Waals surface area contributed by atoms with Crippen molar-refractivity contribution in [3.63, 3.8) is 0 Å². The second-order valence-electron chi connectivity index (χ2n) is 4.91. The van der Waals surface area contributed by atoms with Gasteiger partial charge in [0.2, 0.25) is 5.91 Å². The van der Waals surface area contributed by atoms with Crippen LogP contribution in [-0.2, 0) is 4.79 Å². The highest BCUT2D eigenvalue weighted by atomic mass is 16.2. The molecule has 0 bridgehead atoms. The number of fused-ring (bicyclic) bond motifs is 2. The van der Waals surface area contributed by atoms with Gasteiger partial charge < -0.3 is 9.80 Å². The highest BCUT2D eigenvalue weighted by Gasteiger charge is 2.41. The Labute approximate surface area is 112 Å². The Morgan fingerprint density at radius 3 is 2.89 bits per heavy atom. The number of hydrogen-bond acceptors (Lipinski definition) is 2. The van der Waals surface area contributed by atoms with Crippen molar-refractivity contribution in [3.05, 3.63) is 42.5 Å². The molecule has 98 valence electrons. The molecule has 1 fully saturated rings. The number of benzene rings is 1. The number of nitrogens with zero attached hydrogens (tertiary/aromatic N) is 2. The van der Waals surface area contributed by atoms with Crippen molar-refractivity contribution in [1.82, 2.24) is 4.90 Å². The molecule has 0 N–H and O–H groups in total. The predicted molar refractivity (Wildman–Crippen MR) is 73.1 cm³/mol. The van der Waals surface area contributed by atoms with E-state index in [0.29, 0.717) is 24.3 Å². The third-order valence-corrected chi connectivity index (χ3v) is 3.80. The first-order valence-electron chi connectivity index (χ1n) is 6.56. The van der Waals surface area contributed by atoms with E-state index in [1.165, 1.54) is 0 Å². The van der Waals surface area contributed by atoms with Crippen molar-refractivity contribution in [2.24, 2.45) is 0 Å². The van der Waals surface area contributed by atoms with Crippen molar-refractivity contribution in [2.45, 2.75) is 18.9 Å². The molecule has 19 heavy (non-hydrogen) atoms. The maximum atomic E-state index is 12.6. The summed E-state index contributed by atoms with van der Waals surface area (Å²) in [6, 6.07) is 7.01. The average Bonchev–Trinajstić information content (AvgIpc) is 2.90. The van der Waals surface area contributed by atoms with E-state index in [1.807, 2.05) is 18.2 Å². The van der Waals surface area contributed by atoms with Crippen LogP contribution in [-0.4, -0.2) is 35.8 Å². The quantitative estimate of drug-likeness (QED) is 0.757. The number of amides is 2. The van der Waals surface area contributed by atoms with Gasteiger partial charge >= 0.3 is 0 Å². The number of hydrogen-bond donors (Lipinski definition) is 0. The maximum Gasteiger partial charge on any atom is 0.256 e. The molecule has 1 saturated heterocycles. The minimum Gasteiger partial charge on any atom is -0.327 e. The van der Waals surface area contributed by atoms with Crippen LogP contribution in [0.3, 0.4) is 0 Å². The first-order valence-corrected chi connectivity index (χ1v) is 6.56. The predicted octanol–water partition coefficient (Wildman–Crippen LogP) is 1.82. The Morgan fingerprint density at radius 2 is 2.11 bits per heavy atom. The molecule has 1 aromatic rings. The van der Waals surface area contributed by atoms with E-state index in [1.54, 1.807) is 21.9 Å². The highest BCUT2D eigenvalue weighted by molar-refractivity contribution is 6.11. The van der Waals surface area contributed by atoms with E-state index in [0.717, 1.165) is 12.8 Å². The molecule has 2 aliphatic heterocycles. The summed E-state index contributed by atoms with van der Waals surface area (Å²) in [5.41, 5.74) is 1.31. The van der Waals surface area contributed by atoms with Gasteiger partial charge in [-0.1, -0.05) is 18.2 Å². The molecule has 2 heterocycles. The monoisotopic (exact) mass is 256 g/mol. The number of carbonyl (C=O) groups excluding carboxylic acids is 2. The Balaban J connectivity index is 2.15. The van der Waals surface area contributed by atoms with Gasteiger partial charge in [0.25, 0.3) is 5.91 Å². The molecule has 1 aromatic carbocycles. The average molecular weight is 256 g/mol. The molecule has 1 unspecified atom stereocenters. The van der Waals surface area contributed by atoms with Gasteiger partial charge in [0.15, 0.2) is 0 Å².